The maximum Gasteiger partial charge on any atom is 0.411 e. The molecule has 0 aliphatic rings. The molecular formula is C18H18ClNO4. The van der Waals surface area contributed by atoms with Crippen LogP contribution in [0.5, 0.6) is 0 Å². The van der Waals surface area contributed by atoms with Crippen LogP contribution in [0.1, 0.15) is 28.4 Å². The van der Waals surface area contributed by atoms with Crippen molar-refractivity contribution in [2.45, 2.75) is 20.8 Å². The largest absolute Gasteiger partial charge is 0.478 e. The van der Waals surface area contributed by atoms with E-state index in [-0.39, 0.29) is 12.2 Å². The zero-order valence-electron chi connectivity index (χ0n) is 13.6. The molecule has 0 unspecified atom stereocenters. The number of hydrogen-bond acceptors (Lipinski definition) is 3. The molecule has 0 atom stereocenters. The van der Waals surface area contributed by atoms with Crippen molar-refractivity contribution < 1.29 is 19.4 Å². The average molecular weight is 348 g/mol. The Labute approximate surface area is 145 Å². The Balaban J connectivity index is 2.68. The first-order chi connectivity index (χ1) is 11.3. The Bertz CT molecular complexity index is 802. The lowest BCUT2D eigenvalue weighted by Crippen LogP contribution is -2.15. The van der Waals surface area contributed by atoms with Gasteiger partial charge in [-0.05, 0) is 56.2 Å². The minimum atomic E-state index is -1.07. The Kier molecular flexibility index (Phi) is 5.46. The highest BCUT2D eigenvalue weighted by atomic mass is 35.5. The van der Waals surface area contributed by atoms with Crippen LogP contribution in [0, 0.1) is 13.8 Å². The Hall–Kier alpha value is -2.53. The number of carboxylic acid groups (broad SMARTS) is 1. The number of benzene rings is 2. The third-order valence-corrected chi connectivity index (χ3v) is 3.72. The molecule has 5 nitrogen and oxygen atoms in total. The summed E-state index contributed by atoms with van der Waals surface area (Å²) in [4.78, 5) is 23.4. The summed E-state index contributed by atoms with van der Waals surface area (Å²) in [6, 6.07) is 8.26. The van der Waals surface area contributed by atoms with Crippen LogP contribution in [-0.2, 0) is 4.74 Å². The van der Waals surface area contributed by atoms with E-state index in [1.807, 2.05) is 26.0 Å². The first kappa shape index (κ1) is 17.8. The molecule has 0 aliphatic heterocycles. The van der Waals surface area contributed by atoms with Crippen LogP contribution in [-0.4, -0.2) is 23.8 Å². The number of carbonyl (C=O) groups is 2. The zero-order valence-corrected chi connectivity index (χ0v) is 14.4. The number of hydrogen-bond donors (Lipinski definition) is 2. The maximum atomic E-state index is 11.8. The Morgan fingerprint density at radius 3 is 2.50 bits per heavy atom. The van der Waals surface area contributed by atoms with Crippen molar-refractivity contribution in [1.82, 2.24) is 0 Å². The fourth-order valence-electron chi connectivity index (χ4n) is 2.54. The molecule has 2 aromatic rings. The highest BCUT2D eigenvalue weighted by molar-refractivity contribution is 6.31. The van der Waals surface area contributed by atoms with Gasteiger partial charge in [-0.2, -0.15) is 0 Å². The van der Waals surface area contributed by atoms with Gasteiger partial charge in [-0.25, -0.2) is 9.59 Å². The van der Waals surface area contributed by atoms with Crippen molar-refractivity contribution in [3.05, 3.63) is 52.0 Å². The minimum Gasteiger partial charge on any atom is -0.478 e. The van der Waals surface area contributed by atoms with E-state index in [1.165, 1.54) is 12.1 Å². The zero-order chi connectivity index (χ0) is 17.9. The highest BCUT2D eigenvalue weighted by Crippen LogP contribution is 2.36. The van der Waals surface area contributed by atoms with Crippen molar-refractivity contribution in [3.63, 3.8) is 0 Å². The monoisotopic (exact) mass is 347 g/mol. The van der Waals surface area contributed by atoms with E-state index in [9.17, 15) is 14.7 Å². The number of carbonyl (C=O) groups excluding carboxylic acids is 1. The number of amides is 1. The molecule has 2 N–H and O–H groups in total. The summed E-state index contributed by atoms with van der Waals surface area (Å²) in [6.07, 6.45) is -0.593. The molecule has 0 fully saturated rings. The second kappa shape index (κ2) is 7.36. The predicted molar refractivity (Wildman–Crippen MR) is 94.0 cm³/mol. The van der Waals surface area contributed by atoms with Gasteiger partial charge in [-0.15, -0.1) is 0 Å². The summed E-state index contributed by atoms with van der Waals surface area (Å²) in [5, 5.41) is 12.6. The quantitative estimate of drug-likeness (QED) is 0.825. The summed E-state index contributed by atoms with van der Waals surface area (Å²) < 4.78 is 4.93. The predicted octanol–water partition coefficient (Wildman–Crippen LogP) is 4.89. The smallest absolute Gasteiger partial charge is 0.411 e. The molecule has 0 heterocycles. The molecule has 0 saturated carbocycles. The van der Waals surface area contributed by atoms with Gasteiger partial charge in [0.1, 0.15) is 0 Å². The molecule has 0 radical (unpaired) electrons. The lowest BCUT2D eigenvalue weighted by Gasteiger charge is -2.17. The highest BCUT2D eigenvalue weighted by Gasteiger charge is 2.18. The van der Waals surface area contributed by atoms with Crippen LogP contribution < -0.4 is 5.32 Å². The van der Waals surface area contributed by atoms with E-state index >= 15 is 0 Å². The normalized spacial score (nSPS) is 10.3. The van der Waals surface area contributed by atoms with Gasteiger partial charge in [0.25, 0.3) is 0 Å². The fourth-order valence-corrected chi connectivity index (χ4v) is 2.71. The van der Waals surface area contributed by atoms with Crippen LogP contribution in [0.15, 0.2) is 30.3 Å². The second-order valence-corrected chi connectivity index (χ2v) is 5.78. The maximum absolute atomic E-state index is 11.8. The summed E-state index contributed by atoms with van der Waals surface area (Å²) in [5.41, 5.74) is 3.37. The number of anilines is 1. The lowest BCUT2D eigenvalue weighted by atomic mass is 9.94. The van der Waals surface area contributed by atoms with Crippen LogP contribution in [0.25, 0.3) is 11.1 Å². The fraction of sp³-hybridized carbons (Fsp3) is 0.222. The van der Waals surface area contributed by atoms with Gasteiger partial charge in [0.15, 0.2) is 0 Å². The molecule has 6 heteroatoms. The van der Waals surface area contributed by atoms with E-state index in [1.54, 1.807) is 13.0 Å². The summed E-state index contributed by atoms with van der Waals surface area (Å²) in [7, 11) is 0. The Morgan fingerprint density at radius 1 is 1.17 bits per heavy atom. The topological polar surface area (TPSA) is 75.6 Å². The van der Waals surface area contributed by atoms with E-state index in [4.69, 9.17) is 16.3 Å². The standard InChI is InChI=1S/C18H18ClNO4/c1-4-24-18(23)20-16-11(3)7-10(2)8-15(16)14-9-12(19)5-6-13(14)17(21)22/h5-9H,4H2,1-3H3,(H,20,23)(H,21,22). The second-order valence-electron chi connectivity index (χ2n) is 5.34. The van der Waals surface area contributed by atoms with E-state index in [0.29, 0.717) is 21.8 Å². The summed E-state index contributed by atoms with van der Waals surface area (Å²) in [6.45, 7) is 5.68. The molecule has 2 rings (SSSR count). The molecule has 0 bridgehead atoms. The summed E-state index contributed by atoms with van der Waals surface area (Å²) in [5.74, 6) is -1.07. The van der Waals surface area contributed by atoms with Crippen molar-refractivity contribution in [3.8, 4) is 11.1 Å². The van der Waals surface area contributed by atoms with Gasteiger partial charge in [-0.1, -0.05) is 23.2 Å². The van der Waals surface area contributed by atoms with Crippen molar-refractivity contribution in [2.75, 3.05) is 11.9 Å². The molecule has 0 aliphatic carbocycles. The molecule has 1 amide bonds. The SMILES string of the molecule is CCOC(=O)Nc1c(C)cc(C)cc1-c1cc(Cl)ccc1C(=O)O. The first-order valence-electron chi connectivity index (χ1n) is 7.41. The van der Waals surface area contributed by atoms with Gasteiger partial charge >= 0.3 is 12.1 Å². The van der Waals surface area contributed by atoms with Crippen LogP contribution >= 0.6 is 11.6 Å². The van der Waals surface area contributed by atoms with E-state index < -0.39 is 12.1 Å². The Morgan fingerprint density at radius 2 is 1.88 bits per heavy atom. The van der Waals surface area contributed by atoms with Crippen LogP contribution in [0.4, 0.5) is 10.5 Å². The number of carboxylic acids is 1. The van der Waals surface area contributed by atoms with E-state index in [2.05, 4.69) is 5.32 Å². The van der Waals surface area contributed by atoms with Gasteiger partial charge in [0, 0.05) is 10.6 Å². The number of nitrogens with one attached hydrogen (secondary N) is 1. The van der Waals surface area contributed by atoms with E-state index in [0.717, 1.165) is 11.1 Å². The minimum absolute atomic E-state index is 0.108. The van der Waals surface area contributed by atoms with Crippen molar-refractivity contribution >= 4 is 29.4 Å². The molecule has 0 spiro atoms. The third-order valence-electron chi connectivity index (χ3n) is 3.48. The van der Waals surface area contributed by atoms with Gasteiger partial charge in [0.2, 0.25) is 0 Å². The number of aromatic carboxylic acids is 1. The summed E-state index contributed by atoms with van der Waals surface area (Å²) >= 11 is 6.05. The number of aryl methyl sites for hydroxylation is 2. The molecule has 2 aromatic carbocycles. The number of halogens is 1. The van der Waals surface area contributed by atoms with Crippen LogP contribution in [0.3, 0.4) is 0 Å². The molecule has 0 saturated heterocycles. The molecule has 126 valence electrons. The third kappa shape index (κ3) is 3.86. The molecular weight excluding hydrogens is 330 g/mol. The van der Waals surface area contributed by atoms with Crippen molar-refractivity contribution in [1.29, 1.82) is 0 Å². The first-order valence-corrected chi connectivity index (χ1v) is 7.79. The number of rotatable bonds is 4. The molecule has 0 aromatic heterocycles. The van der Waals surface area contributed by atoms with Gasteiger partial charge in [0.05, 0.1) is 17.9 Å². The van der Waals surface area contributed by atoms with Gasteiger partial charge < -0.3 is 9.84 Å². The van der Waals surface area contributed by atoms with Crippen LogP contribution in [0.2, 0.25) is 5.02 Å². The van der Waals surface area contributed by atoms with Gasteiger partial charge in [-0.3, -0.25) is 5.32 Å². The van der Waals surface area contributed by atoms with Crippen molar-refractivity contribution in [2.24, 2.45) is 0 Å². The average Bonchev–Trinajstić information content (AvgIpc) is 2.49. The number of ether oxygens (including phenoxy) is 1. The lowest BCUT2D eigenvalue weighted by molar-refractivity contribution is 0.0697. The molecule has 24 heavy (non-hydrogen) atoms.